The molecule has 1 unspecified atom stereocenters. The minimum Gasteiger partial charge on any atom is -0.550 e. The average Bonchev–Trinajstić information content (AvgIpc) is 2.76. The van der Waals surface area contributed by atoms with Crippen molar-refractivity contribution in [2.45, 2.75) is 87.7 Å². The number of carboxylic acid groups (broad SMARTS) is 1. The van der Waals surface area contributed by atoms with Gasteiger partial charge in [0.1, 0.15) is 6.54 Å². The monoisotopic (exact) mass is 621 g/mol. The number of halogens is 13. The molecule has 0 fully saturated rings. The van der Waals surface area contributed by atoms with Gasteiger partial charge in [-0.25, -0.2) is 0 Å². The largest absolute Gasteiger partial charge is 0.550 e. The van der Waals surface area contributed by atoms with E-state index in [2.05, 4.69) is 0 Å². The van der Waals surface area contributed by atoms with Gasteiger partial charge in [0.25, 0.3) is 0 Å². The highest BCUT2D eigenvalue weighted by Crippen LogP contribution is 2.60. The lowest BCUT2D eigenvalue weighted by atomic mass is 9.93. The van der Waals surface area contributed by atoms with E-state index in [1.807, 2.05) is 6.92 Å². The molecule has 0 heterocycles. The number of aliphatic carboxylic acids is 1. The molecule has 0 aromatic carbocycles. The minimum atomic E-state index is -7.97. The molecule has 0 spiro atoms. The van der Waals surface area contributed by atoms with Crippen molar-refractivity contribution in [1.29, 1.82) is 0 Å². The number of quaternary nitrogens is 1. The lowest BCUT2D eigenvalue weighted by molar-refractivity contribution is -0.901. The van der Waals surface area contributed by atoms with Gasteiger partial charge >= 0.3 is 35.8 Å². The van der Waals surface area contributed by atoms with Crippen molar-refractivity contribution in [3.05, 3.63) is 0 Å². The van der Waals surface area contributed by atoms with Crippen molar-refractivity contribution in [3.8, 4) is 0 Å². The molecule has 39 heavy (non-hydrogen) atoms. The molecule has 0 rings (SSSR count). The van der Waals surface area contributed by atoms with Crippen molar-refractivity contribution in [1.82, 2.24) is 0 Å². The Morgan fingerprint density at radius 2 is 1.21 bits per heavy atom. The van der Waals surface area contributed by atoms with Crippen LogP contribution in [0.2, 0.25) is 0 Å². The van der Waals surface area contributed by atoms with Crippen LogP contribution in [-0.4, -0.2) is 83.8 Å². The highest BCUT2D eigenvalue weighted by molar-refractivity contribution is 8.13. The first kappa shape index (κ1) is 37.5. The predicted octanol–water partition coefficient (Wildman–Crippen LogP) is 5.93. The van der Waals surface area contributed by atoms with Gasteiger partial charge in [0, 0.05) is 24.6 Å². The van der Waals surface area contributed by atoms with Crippen molar-refractivity contribution in [2.24, 2.45) is 0 Å². The number of likely N-dealkylation sites (N-methyl/N-ethyl adjacent to an activating group) is 1. The zero-order valence-electron chi connectivity index (χ0n) is 20.8. The van der Waals surface area contributed by atoms with Crippen LogP contribution < -0.4 is 5.11 Å². The van der Waals surface area contributed by atoms with Crippen LogP contribution in [0.1, 0.15) is 51.9 Å². The standard InChI is InChI=1S/C21H28F13NO3S/c1-3-4-5-6-7-10-35(2,11-8-14(36)37)13-15(38)39-12-9-16(22,23)17(24,25)18(26,27)19(28,29)20(30,31)21(32,33)34/h3-13H2,1-2H3. The van der Waals surface area contributed by atoms with Crippen LogP contribution in [0.3, 0.4) is 0 Å². The third-order valence-corrected chi connectivity index (χ3v) is 6.70. The molecule has 0 aromatic rings. The van der Waals surface area contributed by atoms with E-state index < -0.39 is 72.0 Å². The summed E-state index contributed by atoms with van der Waals surface area (Å²) in [7, 11) is 1.42. The number of hydrogen-bond acceptors (Lipinski definition) is 4. The number of carbonyl (C=O) groups excluding carboxylic acids is 2. The lowest BCUT2D eigenvalue weighted by Gasteiger charge is -2.39. The van der Waals surface area contributed by atoms with Gasteiger partial charge in [0.05, 0.1) is 20.1 Å². The molecule has 0 radical (unpaired) electrons. The molecule has 18 heteroatoms. The molecule has 0 amide bonds. The Labute approximate surface area is 219 Å². The Morgan fingerprint density at radius 1 is 0.718 bits per heavy atom. The summed E-state index contributed by atoms with van der Waals surface area (Å²) >= 11 is -0.136. The van der Waals surface area contributed by atoms with Crippen LogP contribution in [0, 0.1) is 0 Å². The summed E-state index contributed by atoms with van der Waals surface area (Å²) in [5.74, 6) is -40.2. The number of nitrogens with zero attached hydrogens (tertiary/aromatic N) is 1. The molecule has 0 N–H and O–H groups in total. The quantitative estimate of drug-likeness (QED) is 0.108. The number of hydrogen-bond donors (Lipinski definition) is 0. The van der Waals surface area contributed by atoms with Crippen LogP contribution in [-0.2, 0) is 9.59 Å². The third kappa shape index (κ3) is 9.01. The summed E-state index contributed by atoms with van der Waals surface area (Å²) in [5, 5.41) is 9.79. The Bertz CT molecular complexity index is 821. The fraction of sp³-hybridized carbons (Fsp3) is 0.905. The second-order valence-corrected chi connectivity index (χ2v) is 10.4. The molecule has 0 aliphatic heterocycles. The lowest BCUT2D eigenvalue weighted by Crippen LogP contribution is -2.70. The molecule has 1 atom stereocenters. The highest BCUT2D eigenvalue weighted by atomic mass is 32.2. The first-order valence-corrected chi connectivity index (χ1v) is 12.5. The van der Waals surface area contributed by atoms with E-state index in [0.29, 0.717) is 12.8 Å². The van der Waals surface area contributed by atoms with E-state index in [1.165, 1.54) is 7.05 Å². The molecule has 4 nitrogen and oxygen atoms in total. The SMILES string of the molecule is CCCCCCC[N+](C)(CCC(=O)[O-])CC(=O)SCCC(F)(F)C(F)(F)C(F)(F)C(F)(F)C(F)(F)C(F)(F)F. The Morgan fingerprint density at radius 3 is 1.67 bits per heavy atom. The first-order valence-electron chi connectivity index (χ1n) is 11.5. The van der Waals surface area contributed by atoms with Gasteiger partial charge in [-0.05, 0) is 12.8 Å². The van der Waals surface area contributed by atoms with E-state index in [4.69, 9.17) is 0 Å². The predicted molar refractivity (Wildman–Crippen MR) is 112 cm³/mol. The molecule has 0 saturated carbocycles. The van der Waals surface area contributed by atoms with Gasteiger partial charge in [-0.1, -0.05) is 37.9 Å². The smallest absolute Gasteiger partial charge is 0.460 e. The zero-order chi connectivity index (χ0) is 31.1. The van der Waals surface area contributed by atoms with E-state index in [1.54, 1.807) is 0 Å². The van der Waals surface area contributed by atoms with E-state index in [0.717, 1.165) is 19.3 Å². The summed E-state index contributed by atoms with van der Waals surface area (Å²) in [5.41, 5.74) is 0. The third-order valence-electron chi connectivity index (χ3n) is 5.85. The second kappa shape index (κ2) is 13.5. The van der Waals surface area contributed by atoms with Crippen LogP contribution in [0.4, 0.5) is 57.1 Å². The number of unbranched alkanes of at least 4 members (excludes halogenated alkanes) is 4. The van der Waals surface area contributed by atoms with Gasteiger partial charge < -0.3 is 14.4 Å². The van der Waals surface area contributed by atoms with Crippen molar-refractivity contribution in [3.63, 3.8) is 0 Å². The maximum absolute atomic E-state index is 13.9. The van der Waals surface area contributed by atoms with E-state index in [9.17, 15) is 71.8 Å². The minimum absolute atomic E-state index is 0.136. The van der Waals surface area contributed by atoms with E-state index >= 15 is 0 Å². The highest BCUT2D eigenvalue weighted by Gasteiger charge is 2.90. The maximum Gasteiger partial charge on any atom is 0.460 e. The molecule has 0 bridgehead atoms. The number of carboxylic acids is 1. The number of alkyl halides is 13. The van der Waals surface area contributed by atoms with E-state index in [-0.39, 0.29) is 29.3 Å². The molecule has 0 saturated heterocycles. The van der Waals surface area contributed by atoms with Gasteiger partial charge in [0.15, 0.2) is 0 Å². The average molecular weight is 622 g/mol. The first-order chi connectivity index (χ1) is 17.3. The fourth-order valence-electron chi connectivity index (χ4n) is 3.34. The van der Waals surface area contributed by atoms with Crippen LogP contribution in [0.25, 0.3) is 0 Å². The Hall–Kier alpha value is -1.46. The van der Waals surface area contributed by atoms with Gasteiger partial charge in [-0.3, -0.25) is 4.79 Å². The van der Waals surface area contributed by atoms with Crippen molar-refractivity contribution >= 4 is 22.8 Å². The molecular formula is C21H28F13NO3S. The summed E-state index contributed by atoms with van der Waals surface area (Å²) in [4.78, 5) is 23.0. The summed E-state index contributed by atoms with van der Waals surface area (Å²) in [6.07, 6.45) is -6.63. The zero-order valence-corrected chi connectivity index (χ0v) is 21.6. The molecule has 232 valence electrons. The molecule has 0 aliphatic rings. The second-order valence-electron chi connectivity index (χ2n) is 9.23. The normalized spacial score (nSPS) is 15.8. The number of thioether (sulfide) groups is 1. The van der Waals surface area contributed by atoms with Gasteiger partial charge in [0.2, 0.25) is 5.12 Å². The summed E-state index contributed by atoms with van der Waals surface area (Å²) in [6, 6.07) is 0. The molecule has 0 aliphatic carbocycles. The summed E-state index contributed by atoms with van der Waals surface area (Å²) in [6.45, 7) is 1.47. The van der Waals surface area contributed by atoms with Crippen LogP contribution in [0.5, 0.6) is 0 Å². The van der Waals surface area contributed by atoms with Crippen LogP contribution in [0.15, 0.2) is 0 Å². The van der Waals surface area contributed by atoms with Crippen molar-refractivity contribution in [2.75, 3.05) is 32.4 Å². The summed E-state index contributed by atoms with van der Waals surface area (Å²) < 4.78 is 171. The number of carbonyl (C=O) groups is 2. The number of rotatable bonds is 18. The molecular weight excluding hydrogens is 593 g/mol. The Balaban J connectivity index is 5.48. The molecule has 0 aromatic heterocycles. The van der Waals surface area contributed by atoms with Gasteiger partial charge in [-0.2, -0.15) is 57.1 Å². The topological polar surface area (TPSA) is 57.2 Å². The maximum atomic E-state index is 13.9. The van der Waals surface area contributed by atoms with Crippen molar-refractivity contribution < 1.29 is 76.3 Å². The fourth-order valence-corrected chi connectivity index (χ4v) is 4.33. The Kier molecular flexibility index (Phi) is 13.0. The van der Waals surface area contributed by atoms with Crippen LogP contribution >= 0.6 is 11.8 Å². The van der Waals surface area contributed by atoms with Gasteiger partial charge in [-0.15, -0.1) is 0 Å².